The van der Waals surface area contributed by atoms with E-state index in [1.807, 2.05) is 6.92 Å². The fraction of sp³-hybridized carbons (Fsp3) is 0.429. The number of urea groups is 1. The summed E-state index contributed by atoms with van der Waals surface area (Å²) in [6, 6.07) is 4.27. The Balaban J connectivity index is 2.60. The van der Waals surface area contributed by atoms with E-state index in [1.165, 1.54) is 12.1 Å². The molecule has 6 heteroatoms. The van der Waals surface area contributed by atoms with Crippen molar-refractivity contribution in [2.45, 2.75) is 39.2 Å². The van der Waals surface area contributed by atoms with Crippen molar-refractivity contribution in [3.63, 3.8) is 0 Å². The summed E-state index contributed by atoms with van der Waals surface area (Å²) in [6.07, 6.45) is 3.09. The molecule has 0 fully saturated rings. The number of anilines is 1. The molecule has 1 unspecified atom stereocenters. The first kappa shape index (κ1) is 16.5. The minimum Gasteiger partial charge on any atom is -0.478 e. The molecule has 110 valence electrons. The van der Waals surface area contributed by atoms with Crippen LogP contribution in [0.25, 0.3) is 0 Å². The maximum absolute atomic E-state index is 11.8. The number of hydrogen-bond donors (Lipinski definition) is 3. The molecule has 0 radical (unpaired) electrons. The highest BCUT2D eigenvalue weighted by Crippen LogP contribution is 2.23. The van der Waals surface area contributed by atoms with Gasteiger partial charge in [0.15, 0.2) is 0 Å². The zero-order valence-electron chi connectivity index (χ0n) is 11.6. The molecular weight excluding hydrogens is 324 g/mol. The summed E-state index contributed by atoms with van der Waals surface area (Å²) >= 11 is 3.25. The maximum Gasteiger partial charge on any atom is 0.335 e. The minimum atomic E-state index is -1.00. The first-order chi connectivity index (χ1) is 9.43. The minimum absolute atomic E-state index is 0.104. The van der Waals surface area contributed by atoms with Gasteiger partial charge in [0.1, 0.15) is 0 Å². The second kappa shape index (κ2) is 7.89. The highest BCUT2D eigenvalue weighted by Gasteiger charge is 2.11. The van der Waals surface area contributed by atoms with Gasteiger partial charge in [-0.05, 0) is 47.5 Å². The maximum atomic E-state index is 11.8. The van der Waals surface area contributed by atoms with Crippen LogP contribution in [0.5, 0.6) is 0 Å². The van der Waals surface area contributed by atoms with Crippen molar-refractivity contribution in [3.05, 3.63) is 28.2 Å². The van der Waals surface area contributed by atoms with E-state index in [-0.39, 0.29) is 17.6 Å². The molecule has 2 amide bonds. The number of rotatable bonds is 6. The molecule has 1 rings (SSSR count). The Hall–Kier alpha value is -1.56. The van der Waals surface area contributed by atoms with Crippen molar-refractivity contribution < 1.29 is 14.7 Å². The van der Waals surface area contributed by atoms with Gasteiger partial charge in [-0.3, -0.25) is 0 Å². The first-order valence-electron chi connectivity index (χ1n) is 6.54. The Kier molecular flexibility index (Phi) is 6.51. The number of halogens is 1. The predicted octanol–water partition coefficient (Wildman–Crippen LogP) is 3.85. The lowest BCUT2D eigenvalue weighted by molar-refractivity contribution is 0.0697. The van der Waals surface area contributed by atoms with Gasteiger partial charge in [-0.15, -0.1) is 0 Å². The van der Waals surface area contributed by atoms with Crippen LogP contribution in [0.3, 0.4) is 0 Å². The summed E-state index contributed by atoms with van der Waals surface area (Å²) in [5, 5.41) is 14.4. The van der Waals surface area contributed by atoms with Gasteiger partial charge in [-0.25, -0.2) is 9.59 Å². The van der Waals surface area contributed by atoms with Crippen molar-refractivity contribution in [1.29, 1.82) is 0 Å². The number of carbonyl (C=O) groups excluding carboxylic acids is 1. The number of unbranched alkanes of at least 4 members (excludes halogenated alkanes) is 1. The van der Waals surface area contributed by atoms with Crippen molar-refractivity contribution in [2.75, 3.05) is 5.32 Å². The lowest BCUT2D eigenvalue weighted by Crippen LogP contribution is -2.36. The van der Waals surface area contributed by atoms with Crippen LogP contribution in [-0.2, 0) is 0 Å². The van der Waals surface area contributed by atoms with E-state index in [1.54, 1.807) is 6.07 Å². The molecule has 3 N–H and O–H groups in total. The molecule has 0 aliphatic heterocycles. The summed E-state index contributed by atoms with van der Waals surface area (Å²) in [5.74, 6) is -1.00. The number of benzene rings is 1. The van der Waals surface area contributed by atoms with Crippen molar-refractivity contribution in [3.8, 4) is 0 Å². The molecule has 20 heavy (non-hydrogen) atoms. The van der Waals surface area contributed by atoms with Crippen LogP contribution in [0.2, 0.25) is 0 Å². The summed E-state index contributed by atoms with van der Waals surface area (Å²) in [5.41, 5.74) is 0.703. The first-order valence-corrected chi connectivity index (χ1v) is 7.33. The fourth-order valence-corrected chi connectivity index (χ4v) is 2.19. The van der Waals surface area contributed by atoms with Gasteiger partial charge >= 0.3 is 12.0 Å². The lowest BCUT2D eigenvalue weighted by Gasteiger charge is -2.15. The monoisotopic (exact) mass is 342 g/mol. The molecule has 0 saturated heterocycles. The van der Waals surface area contributed by atoms with E-state index in [0.29, 0.717) is 10.2 Å². The zero-order chi connectivity index (χ0) is 15.1. The SMILES string of the molecule is CCCCC(C)NC(=O)Nc1ccc(C(=O)O)cc1Br. The van der Waals surface area contributed by atoms with Gasteiger partial charge in [0.2, 0.25) is 0 Å². The molecule has 1 aromatic carbocycles. The van der Waals surface area contributed by atoms with E-state index < -0.39 is 5.97 Å². The third-order valence-electron chi connectivity index (χ3n) is 2.83. The Bertz CT molecular complexity index is 491. The number of hydrogen-bond acceptors (Lipinski definition) is 2. The topological polar surface area (TPSA) is 78.4 Å². The fourth-order valence-electron chi connectivity index (χ4n) is 1.71. The molecule has 5 nitrogen and oxygen atoms in total. The number of carbonyl (C=O) groups is 2. The average Bonchev–Trinajstić information content (AvgIpc) is 2.38. The van der Waals surface area contributed by atoms with Crippen LogP contribution < -0.4 is 10.6 Å². The summed E-state index contributed by atoms with van der Waals surface area (Å²) in [7, 11) is 0. The van der Waals surface area contributed by atoms with Crippen LogP contribution in [0, 0.1) is 0 Å². The molecule has 0 heterocycles. The summed E-state index contributed by atoms with van der Waals surface area (Å²) in [6.45, 7) is 4.06. The number of amides is 2. The molecular formula is C14H19BrN2O3. The molecule has 0 bridgehead atoms. The Morgan fingerprint density at radius 2 is 2.10 bits per heavy atom. The standard InChI is InChI=1S/C14H19BrN2O3/c1-3-4-5-9(2)16-14(20)17-12-7-6-10(13(18)19)8-11(12)15/h6-9H,3-5H2,1-2H3,(H,18,19)(H2,16,17,20). The highest BCUT2D eigenvalue weighted by atomic mass is 79.9. The van der Waals surface area contributed by atoms with Crippen LogP contribution in [0.4, 0.5) is 10.5 Å². The smallest absolute Gasteiger partial charge is 0.335 e. The Morgan fingerprint density at radius 3 is 2.65 bits per heavy atom. The predicted molar refractivity (Wildman–Crippen MR) is 82.2 cm³/mol. The van der Waals surface area contributed by atoms with Gasteiger partial charge in [0, 0.05) is 10.5 Å². The van der Waals surface area contributed by atoms with E-state index in [0.717, 1.165) is 19.3 Å². The van der Waals surface area contributed by atoms with Gasteiger partial charge < -0.3 is 15.7 Å². The van der Waals surface area contributed by atoms with Gasteiger partial charge in [-0.2, -0.15) is 0 Å². The van der Waals surface area contributed by atoms with E-state index >= 15 is 0 Å². The van der Waals surface area contributed by atoms with E-state index in [2.05, 4.69) is 33.5 Å². The third kappa shape index (κ3) is 5.21. The zero-order valence-corrected chi connectivity index (χ0v) is 13.2. The lowest BCUT2D eigenvalue weighted by atomic mass is 10.1. The van der Waals surface area contributed by atoms with E-state index in [9.17, 15) is 9.59 Å². The molecule has 1 aromatic rings. The number of carboxylic acid groups (broad SMARTS) is 1. The van der Waals surface area contributed by atoms with Gasteiger partial charge in [-0.1, -0.05) is 19.8 Å². The molecule has 0 aliphatic carbocycles. The Labute approximate surface area is 126 Å². The summed E-state index contributed by atoms with van der Waals surface area (Å²) < 4.78 is 0.536. The van der Waals surface area contributed by atoms with E-state index in [4.69, 9.17) is 5.11 Å². The second-order valence-corrected chi connectivity index (χ2v) is 5.50. The van der Waals surface area contributed by atoms with Crippen LogP contribution >= 0.6 is 15.9 Å². The number of nitrogens with one attached hydrogen (secondary N) is 2. The van der Waals surface area contributed by atoms with Crippen molar-refractivity contribution >= 4 is 33.6 Å². The van der Waals surface area contributed by atoms with Crippen LogP contribution in [-0.4, -0.2) is 23.1 Å². The highest BCUT2D eigenvalue weighted by molar-refractivity contribution is 9.10. The average molecular weight is 343 g/mol. The van der Waals surface area contributed by atoms with Crippen LogP contribution in [0.1, 0.15) is 43.5 Å². The molecule has 0 spiro atoms. The van der Waals surface area contributed by atoms with Crippen LogP contribution in [0.15, 0.2) is 22.7 Å². The van der Waals surface area contributed by atoms with Gasteiger partial charge in [0.25, 0.3) is 0 Å². The number of aromatic carboxylic acids is 1. The molecule has 0 saturated carbocycles. The Morgan fingerprint density at radius 1 is 1.40 bits per heavy atom. The number of carboxylic acids is 1. The van der Waals surface area contributed by atoms with Crippen molar-refractivity contribution in [2.24, 2.45) is 0 Å². The van der Waals surface area contributed by atoms with Crippen molar-refractivity contribution in [1.82, 2.24) is 5.32 Å². The second-order valence-electron chi connectivity index (χ2n) is 4.64. The summed E-state index contributed by atoms with van der Waals surface area (Å²) in [4.78, 5) is 22.6. The molecule has 0 aliphatic rings. The normalized spacial score (nSPS) is 11.8. The molecule has 0 aromatic heterocycles. The third-order valence-corrected chi connectivity index (χ3v) is 3.49. The largest absolute Gasteiger partial charge is 0.478 e. The quantitative estimate of drug-likeness (QED) is 0.734. The molecule has 1 atom stereocenters. The van der Waals surface area contributed by atoms with Gasteiger partial charge in [0.05, 0.1) is 11.3 Å².